The highest BCUT2D eigenvalue weighted by atomic mass is 79.9. The fourth-order valence-corrected chi connectivity index (χ4v) is 2.52. The van der Waals surface area contributed by atoms with Gasteiger partial charge in [-0.2, -0.15) is 0 Å². The van der Waals surface area contributed by atoms with Gasteiger partial charge in [0.15, 0.2) is 0 Å². The molecule has 5 heteroatoms. The quantitative estimate of drug-likeness (QED) is 0.810. The van der Waals surface area contributed by atoms with Crippen molar-refractivity contribution in [2.24, 2.45) is 0 Å². The standard InChI is InChI=1S/C16H16BrF2NO/c1-20-16(7-10-4-3-5-11(6-10)21-2)12-8-15(19)13(17)9-14(12)18/h3-6,8-9,16,20H,7H2,1-2H3. The van der Waals surface area contributed by atoms with E-state index in [1.165, 1.54) is 6.07 Å². The number of hydrogen-bond acceptors (Lipinski definition) is 2. The van der Waals surface area contributed by atoms with Crippen molar-refractivity contribution in [2.45, 2.75) is 12.5 Å². The summed E-state index contributed by atoms with van der Waals surface area (Å²) >= 11 is 2.98. The van der Waals surface area contributed by atoms with Crippen LogP contribution in [0.1, 0.15) is 17.2 Å². The van der Waals surface area contributed by atoms with E-state index in [9.17, 15) is 8.78 Å². The topological polar surface area (TPSA) is 21.3 Å². The van der Waals surface area contributed by atoms with Gasteiger partial charge in [-0.3, -0.25) is 0 Å². The predicted molar refractivity (Wildman–Crippen MR) is 82.6 cm³/mol. The van der Waals surface area contributed by atoms with E-state index in [-0.39, 0.29) is 10.5 Å². The van der Waals surface area contributed by atoms with Crippen LogP contribution in [-0.4, -0.2) is 14.2 Å². The molecule has 112 valence electrons. The van der Waals surface area contributed by atoms with E-state index < -0.39 is 11.6 Å². The van der Waals surface area contributed by atoms with Crippen molar-refractivity contribution in [3.63, 3.8) is 0 Å². The maximum absolute atomic E-state index is 14.1. The Morgan fingerprint density at radius 3 is 2.62 bits per heavy atom. The highest BCUT2D eigenvalue weighted by Crippen LogP contribution is 2.27. The molecule has 1 atom stereocenters. The Morgan fingerprint density at radius 2 is 1.95 bits per heavy atom. The molecule has 2 nitrogen and oxygen atoms in total. The van der Waals surface area contributed by atoms with Crippen molar-refractivity contribution in [1.82, 2.24) is 5.32 Å². The summed E-state index contributed by atoms with van der Waals surface area (Å²) in [7, 11) is 3.32. The highest BCUT2D eigenvalue weighted by molar-refractivity contribution is 9.10. The van der Waals surface area contributed by atoms with Gasteiger partial charge in [0.1, 0.15) is 17.4 Å². The number of rotatable bonds is 5. The Balaban J connectivity index is 2.29. The van der Waals surface area contributed by atoms with Crippen LogP contribution in [0.3, 0.4) is 0 Å². The molecule has 0 aliphatic rings. The lowest BCUT2D eigenvalue weighted by molar-refractivity contribution is 0.414. The third kappa shape index (κ3) is 3.80. The van der Waals surface area contributed by atoms with E-state index in [2.05, 4.69) is 21.2 Å². The highest BCUT2D eigenvalue weighted by Gasteiger charge is 2.17. The third-order valence-corrected chi connectivity index (χ3v) is 3.95. The van der Waals surface area contributed by atoms with Crippen molar-refractivity contribution in [3.05, 3.63) is 63.6 Å². The van der Waals surface area contributed by atoms with Gasteiger partial charge in [-0.15, -0.1) is 0 Å². The molecule has 0 spiro atoms. The lowest BCUT2D eigenvalue weighted by Gasteiger charge is -2.18. The summed E-state index contributed by atoms with van der Waals surface area (Å²) in [5.74, 6) is -0.173. The van der Waals surface area contributed by atoms with Gasteiger partial charge < -0.3 is 10.1 Å². The van der Waals surface area contributed by atoms with Gasteiger partial charge in [0, 0.05) is 11.6 Å². The molecular weight excluding hydrogens is 340 g/mol. The molecule has 0 aliphatic carbocycles. The molecule has 0 heterocycles. The number of ether oxygens (including phenoxy) is 1. The molecule has 1 unspecified atom stereocenters. The largest absolute Gasteiger partial charge is 0.497 e. The molecule has 0 radical (unpaired) electrons. The maximum atomic E-state index is 14.1. The zero-order valence-corrected chi connectivity index (χ0v) is 13.4. The van der Waals surface area contributed by atoms with Gasteiger partial charge in [0.25, 0.3) is 0 Å². The second kappa shape index (κ2) is 7.00. The molecule has 0 saturated carbocycles. The summed E-state index contributed by atoms with van der Waals surface area (Å²) in [6.45, 7) is 0. The molecule has 2 aromatic carbocycles. The van der Waals surface area contributed by atoms with Gasteiger partial charge in [0.2, 0.25) is 0 Å². The molecule has 0 amide bonds. The minimum atomic E-state index is -0.475. The lowest BCUT2D eigenvalue weighted by atomic mass is 9.98. The van der Waals surface area contributed by atoms with Crippen LogP contribution in [0.5, 0.6) is 5.75 Å². The molecule has 1 N–H and O–H groups in total. The van der Waals surface area contributed by atoms with E-state index in [1.54, 1.807) is 14.2 Å². The van der Waals surface area contributed by atoms with Gasteiger partial charge in [-0.1, -0.05) is 12.1 Å². The Morgan fingerprint density at radius 1 is 1.19 bits per heavy atom. The molecule has 21 heavy (non-hydrogen) atoms. The molecule has 0 aromatic heterocycles. The second-order valence-electron chi connectivity index (χ2n) is 4.68. The Hall–Kier alpha value is -1.46. The average Bonchev–Trinajstić information content (AvgIpc) is 2.49. The number of methoxy groups -OCH3 is 1. The first kappa shape index (κ1) is 15.9. The maximum Gasteiger partial charge on any atom is 0.137 e. The van der Waals surface area contributed by atoms with Crippen LogP contribution >= 0.6 is 15.9 Å². The predicted octanol–water partition coefficient (Wildman–Crippen LogP) is 4.24. The molecule has 2 rings (SSSR count). The Kier molecular flexibility index (Phi) is 5.31. The van der Waals surface area contributed by atoms with Crippen molar-refractivity contribution in [1.29, 1.82) is 0 Å². The Labute approximate surface area is 131 Å². The summed E-state index contributed by atoms with van der Waals surface area (Å²) in [6, 6.07) is 9.59. The van der Waals surface area contributed by atoms with E-state index in [0.717, 1.165) is 17.4 Å². The first-order valence-electron chi connectivity index (χ1n) is 6.49. The minimum absolute atomic E-state index is 0.125. The summed E-state index contributed by atoms with van der Waals surface area (Å²) < 4.78 is 33.0. The van der Waals surface area contributed by atoms with Gasteiger partial charge in [-0.05, 0) is 59.2 Å². The third-order valence-electron chi connectivity index (χ3n) is 3.34. The van der Waals surface area contributed by atoms with Crippen molar-refractivity contribution in [3.8, 4) is 5.75 Å². The zero-order valence-electron chi connectivity index (χ0n) is 11.8. The zero-order chi connectivity index (χ0) is 15.4. The monoisotopic (exact) mass is 355 g/mol. The fraction of sp³-hybridized carbons (Fsp3) is 0.250. The van der Waals surface area contributed by atoms with E-state index in [4.69, 9.17) is 4.74 Å². The second-order valence-corrected chi connectivity index (χ2v) is 5.54. The van der Waals surface area contributed by atoms with E-state index in [0.29, 0.717) is 12.0 Å². The molecule has 0 saturated heterocycles. The normalized spacial score (nSPS) is 12.2. The van der Waals surface area contributed by atoms with Crippen LogP contribution in [0.25, 0.3) is 0 Å². The number of benzene rings is 2. The number of hydrogen-bond donors (Lipinski definition) is 1. The van der Waals surface area contributed by atoms with Crippen LogP contribution in [0.4, 0.5) is 8.78 Å². The summed E-state index contributed by atoms with van der Waals surface area (Å²) in [5, 5.41) is 3.03. The smallest absolute Gasteiger partial charge is 0.137 e. The number of nitrogens with one attached hydrogen (secondary N) is 1. The SMILES string of the molecule is CNC(Cc1cccc(OC)c1)c1cc(F)c(Br)cc1F. The van der Waals surface area contributed by atoms with Crippen molar-refractivity contribution < 1.29 is 13.5 Å². The first-order valence-corrected chi connectivity index (χ1v) is 7.29. The van der Waals surface area contributed by atoms with Crippen LogP contribution in [0.15, 0.2) is 40.9 Å². The molecule has 2 aromatic rings. The molecule has 0 fully saturated rings. The molecule has 0 aliphatic heterocycles. The first-order chi connectivity index (χ1) is 10.0. The Bertz CT molecular complexity index is 634. The average molecular weight is 356 g/mol. The molecule has 0 bridgehead atoms. The number of likely N-dealkylation sites (N-methyl/N-ethyl adjacent to an activating group) is 1. The lowest BCUT2D eigenvalue weighted by Crippen LogP contribution is -2.20. The van der Waals surface area contributed by atoms with E-state index >= 15 is 0 Å². The van der Waals surface area contributed by atoms with Crippen LogP contribution in [0, 0.1) is 11.6 Å². The summed E-state index contributed by atoms with van der Waals surface area (Å²) in [5.41, 5.74) is 1.29. The van der Waals surface area contributed by atoms with Crippen molar-refractivity contribution in [2.75, 3.05) is 14.2 Å². The number of halogens is 3. The van der Waals surface area contributed by atoms with E-state index in [1.807, 2.05) is 24.3 Å². The van der Waals surface area contributed by atoms with Crippen LogP contribution in [0.2, 0.25) is 0 Å². The summed E-state index contributed by atoms with van der Waals surface area (Å²) in [6.07, 6.45) is 0.533. The fourth-order valence-electron chi connectivity index (χ4n) is 2.21. The van der Waals surface area contributed by atoms with Gasteiger partial charge >= 0.3 is 0 Å². The van der Waals surface area contributed by atoms with Gasteiger partial charge in [-0.25, -0.2) is 8.78 Å². The van der Waals surface area contributed by atoms with Gasteiger partial charge in [0.05, 0.1) is 11.6 Å². The van der Waals surface area contributed by atoms with Crippen LogP contribution in [-0.2, 0) is 6.42 Å². The molecular formula is C16H16BrF2NO. The van der Waals surface area contributed by atoms with Crippen molar-refractivity contribution >= 4 is 15.9 Å². The summed E-state index contributed by atoms with van der Waals surface area (Å²) in [4.78, 5) is 0. The minimum Gasteiger partial charge on any atom is -0.497 e. The van der Waals surface area contributed by atoms with Crippen LogP contribution < -0.4 is 10.1 Å².